The molecule has 0 fully saturated rings. The number of nitro groups is 1. The van der Waals surface area contributed by atoms with Crippen LogP contribution < -0.4 is 9.50 Å². The SMILES string of the molecule is CCC(C)N(Cc1ccc(OS(C)(=O)=O)cc1)C(=O)Nc1ccc([N+](=O)[O-])cc1. The summed E-state index contributed by atoms with van der Waals surface area (Å²) in [6.45, 7) is 4.17. The van der Waals surface area contributed by atoms with Crippen LogP contribution in [0.5, 0.6) is 5.75 Å². The van der Waals surface area contributed by atoms with Crippen molar-refractivity contribution < 1.29 is 22.3 Å². The van der Waals surface area contributed by atoms with Crippen molar-refractivity contribution in [2.75, 3.05) is 11.6 Å². The number of benzene rings is 2. The summed E-state index contributed by atoms with van der Waals surface area (Å²) < 4.78 is 27.2. The summed E-state index contributed by atoms with van der Waals surface area (Å²) in [5.41, 5.74) is 1.19. The molecule has 0 saturated carbocycles. The Balaban J connectivity index is 2.12. The van der Waals surface area contributed by atoms with E-state index in [-0.39, 0.29) is 23.5 Å². The second-order valence-electron chi connectivity index (χ2n) is 6.55. The minimum Gasteiger partial charge on any atom is -0.383 e. The molecule has 2 amide bonds. The molecule has 0 aliphatic carbocycles. The highest BCUT2D eigenvalue weighted by atomic mass is 32.2. The maximum atomic E-state index is 12.8. The van der Waals surface area contributed by atoms with E-state index in [4.69, 9.17) is 4.18 Å². The van der Waals surface area contributed by atoms with E-state index in [0.29, 0.717) is 12.2 Å². The maximum absolute atomic E-state index is 12.8. The van der Waals surface area contributed by atoms with E-state index in [0.717, 1.165) is 18.2 Å². The first-order chi connectivity index (χ1) is 13.6. The number of carbonyl (C=O) groups excluding carboxylic acids is 1. The second kappa shape index (κ2) is 9.37. The molecule has 2 rings (SSSR count). The Kier molecular flexibility index (Phi) is 7.16. The topological polar surface area (TPSA) is 119 Å². The van der Waals surface area contributed by atoms with Gasteiger partial charge in [-0.05, 0) is 43.2 Å². The number of urea groups is 1. The summed E-state index contributed by atoms with van der Waals surface area (Å²) in [6, 6.07) is 11.6. The van der Waals surface area contributed by atoms with Crippen LogP contribution in [0.1, 0.15) is 25.8 Å². The van der Waals surface area contributed by atoms with E-state index in [1.165, 1.54) is 36.4 Å². The molecule has 0 saturated heterocycles. The third-order valence-electron chi connectivity index (χ3n) is 4.24. The van der Waals surface area contributed by atoms with Gasteiger partial charge in [0.15, 0.2) is 0 Å². The van der Waals surface area contributed by atoms with E-state index in [2.05, 4.69) is 5.32 Å². The fraction of sp³-hybridized carbons (Fsp3) is 0.316. The number of amides is 2. The molecular weight excluding hydrogens is 398 g/mol. The number of non-ortho nitro benzene ring substituents is 1. The zero-order valence-electron chi connectivity index (χ0n) is 16.4. The first kappa shape index (κ1) is 22.2. The third kappa shape index (κ3) is 6.75. The zero-order valence-corrected chi connectivity index (χ0v) is 17.2. The Morgan fingerprint density at radius 3 is 2.24 bits per heavy atom. The lowest BCUT2D eigenvalue weighted by atomic mass is 10.1. The van der Waals surface area contributed by atoms with Crippen LogP contribution in [0.4, 0.5) is 16.2 Å². The van der Waals surface area contributed by atoms with Crippen molar-refractivity contribution in [3.05, 3.63) is 64.2 Å². The number of anilines is 1. The summed E-state index contributed by atoms with van der Waals surface area (Å²) in [4.78, 5) is 24.6. The van der Waals surface area contributed by atoms with E-state index in [9.17, 15) is 23.3 Å². The molecule has 156 valence electrons. The number of nitro benzene ring substituents is 1. The van der Waals surface area contributed by atoms with Crippen LogP contribution in [0.15, 0.2) is 48.5 Å². The van der Waals surface area contributed by atoms with Gasteiger partial charge in [0.25, 0.3) is 5.69 Å². The van der Waals surface area contributed by atoms with Crippen molar-refractivity contribution in [3.8, 4) is 5.75 Å². The van der Waals surface area contributed by atoms with Crippen LogP contribution in [0, 0.1) is 10.1 Å². The number of nitrogens with one attached hydrogen (secondary N) is 1. The first-order valence-electron chi connectivity index (χ1n) is 8.89. The van der Waals surface area contributed by atoms with Crippen molar-refractivity contribution in [2.24, 2.45) is 0 Å². The van der Waals surface area contributed by atoms with Gasteiger partial charge in [0.05, 0.1) is 11.2 Å². The summed E-state index contributed by atoms with van der Waals surface area (Å²) >= 11 is 0. The van der Waals surface area contributed by atoms with Gasteiger partial charge in [-0.3, -0.25) is 10.1 Å². The predicted molar refractivity (Wildman–Crippen MR) is 109 cm³/mol. The van der Waals surface area contributed by atoms with Crippen molar-refractivity contribution in [3.63, 3.8) is 0 Å². The van der Waals surface area contributed by atoms with Crippen LogP contribution >= 0.6 is 0 Å². The number of hydrogen-bond acceptors (Lipinski definition) is 6. The van der Waals surface area contributed by atoms with Crippen molar-refractivity contribution in [1.82, 2.24) is 4.90 Å². The fourth-order valence-corrected chi connectivity index (χ4v) is 2.99. The monoisotopic (exact) mass is 421 g/mol. The Bertz CT molecular complexity index is 958. The van der Waals surface area contributed by atoms with Crippen LogP contribution in [-0.4, -0.2) is 36.6 Å². The molecule has 0 spiro atoms. The molecule has 0 bridgehead atoms. The summed E-state index contributed by atoms with van der Waals surface area (Å²) in [5.74, 6) is 0.196. The van der Waals surface area contributed by atoms with E-state index in [1.807, 2.05) is 13.8 Å². The summed E-state index contributed by atoms with van der Waals surface area (Å²) in [6.07, 6.45) is 1.69. The summed E-state index contributed by atoms with van der Waals surface area (Å²) in [7, 11) is -3.60. The van der Waals surface area contributed by atoms with Gasteiger partial charge in [0.1, 0.15) is 5.75 Å². The number of rotatable bonds is 8. The third-order valence-corrected chi connectivity index (χ3v) is 4.73. The molecule has 0 aliphatic rings. The lowest BCUT2D eigenvalue weighted by Crippen LogP contribution is -2.40. The second-order valence-corrected chi connectivity index (χ2v) is 8.13. The highest BCUT2D eigenvalue weighted by Crippen LogP contribution is 2.19. The molecule has 0 aliphatic heterocycles. The molecule has 9 nitrogen and oxygen atoms in total. The molecule has 0 aromatic heterocycles. The predicted octanol–water partition coefficient (Wildman–Crippen LogP) is 3.77. The lowest BCUT2D eigenvalue weighted by molar-refractivity contribution is -0.384. The van der Waals surface area contributed by atoms with Gasteiger partial charge in [0, 0.05) is 30.4 Å². The maximum Gasteiger partial charge on any atom is 0.322 e. The smallest absolute Gasteiger partial charge is 0.322 e. The molecular formula is C19H23N3O6S. The average Bonchev–Trinajstić information content (AvgIpc) is 2.66. The van der Waals surface area contributed by atoms with Gasteiger partial charge in [-0.1, -0.05) is 19.1 Å². The van der Waals surface area contributed by atoms with E-state index in [1.54, 1.807) is 17.0 Å². The highest BCUT2D eigenvalue weighted by Gasteiger charge is 2.20. The first-order valence-corrected chi connectivity index (χ1v) is 10.7. The van der Waals surface area contributed by atoms with Gasteiger partial charge in [0.2, 0.25) is 0 Å². The molecule has 29 heavy (non-hydrogen) atoms. The molecule has 1 atom stereocenters. The van der Waals surface area contributed by atoms with Gasteiger partial charge >= 0.3 is 16.1 Å². The Labute approximate surface area is 169 Å². The van der Waals surface area contributed by atoms with Gasteiger partial charge in [-0.2, -0.15) is 8.42 Å². The molecule has 2 aromatic rings. The largest absolute Gasteiger partial charge is 0.383 e. The number of hydrogen-bond donors (Lipinski definition) is 1. The van der Waals surface area contributed by atoms with Crippen molar-refractivity contribution >= 4 is 27.5 Å². The van der Waals surface area contributed by atoms with Crippen molar-refractivity contribution in [1.29, 1.82) is 0 Å². The van der Waals surface area contributed by atoms with E-state index < -0.39 is 15.0 Å². The molecule has 0 radical (unpaired) electrons. The average molecular weight is 421 g/mol. The van der Waals surface area contributed by atoms with Crippen molar-refractivity contribution in [2.45, 2.75) is 32.9 Å². The van der Waals surface area contributed by atoms with Crippen LogP contribution in [0.2, 0.25) is 0 Å². The van der Waals surface area contributed by atoms with Gasteiger partial charge in [-0.25, -0.2) is 4.79 Å². The highest BCUT2D eigenvalue weighted by molar-refractivity contribution is 7.86. The Hall–Kier alpha value is -3.14. The van der Waals surface area contributed by atoms with Gasteiger partial charge < -0.3 is 14.4 Å². The Morgan fingerprint density at radius 2 is 1.76 bits per heavy atom. The molecule has 10 heteroatoms. The van der Waals surface area contributed by atoms with E-state index >= 15 is 0 Å². The number of nitrogens with zero attached hydrogens (tertiary/aromatic N) is 2. The standard InChI is InChI=1S/C19H23N3O6S/c1-4-14(2)21(13-15-5-11-18(12-6-15)28-29(3,26)27)19(23)20-16-7-9-17(10-8-16)22(24)25/h5-12,14H,4,13H2,1-3H3,(H,20,23). The molecule has 1 unspecified atom stereocenters. The van der Waals surface area contributed by atoms with Crippen LogP contribution in [0.25, 0.3) is 0 Å². The minimum absolute atomic E-state index is 0.0572. The fourth-order valence-electron chi connectivity index (χ4n) is 2.53. The Morgan fingerprint density at radius 1 is 1.17 bits per heavy atom. The minimum atomic E-state index is -3.60. The molecule has 2 aromatic carbocycles. The number of carbonyl (C=O) groups is 1. The zero-order chi connectivity index (χ0) is 21.6. The quantitative estimate of drug-likeness (QED) is 0.394. The van der Waals surface area contributed by atoms with Crippen LogP contribution in [-0.2, 0) is 16.7 Å². The molecule has 1 N–H and O–H groups in total. The lowest BCUT2D eigenvalue weighted by Gasteiger charge is -2.29. The normalized spacial score (nSPS) is 12.1. The molecule has 0 heterocycles. The van der Waals surface area contributed by atoms with Crippen LogP contribution in [0.3, 0.4) is 0 Å². The van der Waals surface area contributed by atoms with Gasteiger partial charge in [-0.15, -0.1) is 0 Å². The summed E-state index contributed by atoms with van der Waals surface area (Å²) in [5, 5.41) is 13.5.